The van der Waals surface area contributed by atoms with Crippen LogP contribution in [0.4, 0.5) is 0 Å². The maximum Gasteiger partial charge on any atom is 2.00 e. The fraction of sp³-hybridized carbons (Fsp3) is 0.889. The fourth-order valence-corrected chi connectivity index (χ4v) is 11.7. The average molecular weight is 1250 g/mol. The van der Waals surface area contributed by atoms with E-state index in [0.717, 1.165) is 77.0 Å². The second kappa shape index (κ2) is 75.9. The number of rotatable bonds is 68. The van der Waals surface area contributed by atoms with Crippen molar-refractivity contribution in [1.29, 1.82) is 0 Å². The molecule has 0 bridgehead atoms. The molecule has 0 amide bonds. The molecule has 0 aromatic rings. The molecular formula is C72H140NiO8P2. The molecule has 83 heavy (non-hydrogen) atoms. The van der Waals surface area contributed by atoms with Crippen LogP contribution >= 0.6 is 15.6 Å². The summed E-state index contributed by atoms with van der Waals surface area (Å²) in [5.74, 6) is 0. The first-order valence-electron chi connectivity index (χ1n) is 36.0. The van der Waals surface area contributed by atoms with Crippen LogP contribution in [0.15, 0.2) is 48.6 Å². The van der Waals surface area contributed by atoms with Gasteiger partial charge in [-0.1, -0.05) is 307 Å². The Balaban J connectivity index is -0.00000152. The summed E-state index contributed by atoms with van der Waals surface area (Å²) in [6.45, 7) is 10.0. The van der Waals surface area contributed by atoms with Gasteiger partial charge in [-0.25, -0.2) is 0 Å². The van der Waals surface area contributed by atoms with Crippen LogP contribution in [-0.2, 0) is 43.7 Å². The molecule has 0 rings (SSSR count). The fourth-order valence-electron chi connectivity index (χ4n) is 10.2. The van der Waals surface area contributed by atoms with Crippen molar-refractivity contribution in [2.45, 2.75) is 387 Å². The molecule has 0 atom stereocenters. The maximum atomic E-state index is 11.9. The number of phosphoric ester groups is 2. The van der Waals surface area contributed by atoms with Crippen LogP contribution in [-0.4, -0.2) is 26.4 Å². The Bertz CT molecular complexity index is 1220. The van der Waals surface area contributed by atoms with E-state index in [1.165, 1.54) is 283 Å². The molecule has 0 aromatic heterocycles. The van der Waals surface area contributed by atoms with Crippen molar-refractivity contribution in [2.75, 3.05) is 26.4 Å². The van der Waals surface area contributed by atoms with Gasteiger partial charge in [0.25, 0.3) is 15.6 Å². The van der Waals surface area contributed by atoms with Gasteiger partial charge in [0.15, 0.2) is 0 Å². The topological polar surface area (TPSA) is 117 Å². The van der Waals surface area contributed by atoms with Gasteiger partial charge < -0.3 is 27.9 Å². The molecule has 0 unspecified atom stereocenters. The molecule has 0 heterocycles. The van der Waals surface area contributed by atoms with E-state index in [0.29, 0.717) is 0 Å². The molecule has 0 radical (unpaired) electrons. The standard InChI is InChI=1S/2C36H71O4P.Ni/c2*1-3-5-7-9-11-13-15-17-19-21-23-25-27-29-31-33-35-39-41(37,38)40-36-34-32-30-28-26-24-22-20-18-16-14-12-10-8-6-4-2;/h2*17-20H,3-16,21-36H2,1-2H3,(H,37,38);/q;;+2/p-2/b2*19-17-,20-18-;. The van der Waals surface area contributed by atoms with Crippen molar-refractivity contribution < 1.29 is 53.5 Å². The zero-order valence-electron chi connectivity index (χ0n) is 55.5. The van der Waals surface area contributed by atoms with E-state index in [4.69, 9.17) is 18.1 Å². The van der Waals surface area contributed by atoms with Crippen molar-refractivity contribution in [1.82, 2.24) is 0 Å². The monoisotopic (exact) mass is 1250 g/mol. The third-order valence-corrected chi connectivity index (χ3v) is 17.6. The van der Waals surface area contributed by atoms with Crippen molar-refractivity contribution in [3.05, 3.63) is 48.6 Å². The zero-order chi connectivity index (χ0) is 59.9. The molecule has 0 spiro atoms. The first-order valence-corrected chi connectivity index (χ1v) is 39.0. The van der Waals surface area contributed by atoms with Crippen molar-refractivity contribution in [3.8, 4) is 0 Å². The predicted octanol–water partition coefficient (Wildman–Crippen LogP) is 25.1. The Kier molecular flexibility index (Phi) is 79.5. The Morgan fingerprint density at radius 3 is 0.482 bits per heavy atom. The van der Waals surface area contributed by atoms with Crippen LogP contribution in [0, 0.1) is 0 Å². The summed E-state index contributed by atoms with van der Waals surface area (Å²) in [6.07, 6.45) is 88.0. The number of hydrogen-bond acceptors (Lipinski definition) is 8. The van der Waals surface area contributed by atoms with E-state index < -0.39 is 15.6 Å². The predicted molar refractivity (Wildman–Crippen MR) is 357 cm³/mol. The number of unbranched alkanes of at least 4 members (excludes halogenated alkanes) is 48. The van der Waals surface area contributed by atoms with Crippen LogP contribution in [0.5, 0.6) is 0 Å². The Hall–Kier alpha value is -0.326. The minimum atomic E-state index is -4.14. The van der Waals surface area contributed by atoms with Gasteiger partial charge in [-0.3, -0.25) is 9.13 Å². The third kappa shape index (κ3) is 81.7. The average Bonchev–Trinajstić information content (AvgIpc) is 3.46. The molecule has 0 saturated heterocycles. The van der Waals surface area contributed by atoms with E-state index in [1.54, 1.807) is 0 Å². The minimum Gasteiger partial charge on any atom is -0.756 e. The van der Waals surface area contributed by atoms with Crippen molar-refractivity contribution in [2.24, 2.45) is 0 Å². The molecule has 0 fully saturated rings. The van der Waals surface area contributed by atoms with Gasteiger partial charge in [0.05, 0.1) is 26.4 Å². The summed E-state index contributed by atoms with van der Waals surface area (Å²) < 4.78 is 44.0. The van der Waals surface area contributed by atoms with Crippen molar-refractivity contribution >= 4 is 15.6 Å². The number of allylic oxidation sites excluding steroid dienone is 8. The van der Waals surface area contributed by atoms with Gasteiger partial charge in [0, 0.05) is 0 Å². The maximum absolute atomic E-state index is 11.9. The summed E-state index contributed by atoms with van der Waals surface area (Å²) in [5.41, 5.74) is 0. The van der Waals surface area contributed by atoms with Gasteiger partial charge in [0.1, 0.15) is 0 Å². The van der Waals surface area contributed by atoms with Gasteiger partial charge in [-0.2, -0.15) is 0 Å². The molecule has 11 heteroatoms. The molecule has 496 valence electrons. The summed E-state index contributed by atoms with van der Waals surface area (Å²) in [5, 5.41) is 0. The number of phosphoric acid groups is 2. The first kappa shape index (κ1) is 86.9. The van der Waals surface area contributed by atoms with Crippen LogP contribution in [0.1, 0.15) is 387 Å². The van der Waals surface area contributed by atoms with Crippen molar-refractivity contribution in [3.63, 3.8) is 0 Å². The van der Waals surface area contributed by atoms with E-state index >= 15 is 0 Å². The van der Waals surface area contributed by atoms with Gasteiger partial charge >= 0.3 is 16.5 Å². The van der Waals surface area contributed by atoms with Gasteiger partial charge in [-0.15, -0.1) is 0 Å². The molecule has 8 nitrogen and oxygen atoms in total. The Labute approximate surface area is 528 Å². The quantitative estimate of drug-likeness (QED) is 0.0256. The van der Waals surface area contributed by atoms with Crippen LogP contribution in [0.3, 0.4) is 0 Å². The van der Waals surface area contributed by atoms with E-state index in [9.17, 15) is 18.9 Å². The molecule has 0 aliphatic rings. The van der Waals surface area contributed by atoms with Crippen LogP contribution in [0.2, 0.25) is 0 Å². The van der Waals surface area contributed by atoms with E-state index in [-0.39, 0.29) is 42.9 Å². The second-order valence-electron chi connectivity index (χ2n) is 24.0. The van der Waals surface area contributed by atoms with Gasteiger partial charge in [-0.05, 0) is 128 Å². The zero-order valence-corrected chi connectivity index (χ0v) is 58.3. The normalized spacial score (nSPS) is 12.2. The summed E-state index contributed by atoms with van der Waals surface area (Å²) in [6, 6.07) is 0. The Morgan fingerprint density at radius 2 is 0.337 bits per heavy atom. The first-order chi connectivity index (χ1) is 40.2. The molecule has 0 aliphatic heterocycles. The molecule has 0 aliphatic carbocycles. The largest absolute Gasteiger partial charge is 2.00 e. The van der Waals surface area contributed by atoms with Crippen LogP contribution < -0.4 is 9.79 Å². The summed E-state index contributed by atoms with van der Waals surface area (Å²) >= 11 is 0. The number of hydrogen-bond donors (Lipinski definition) is 0. The van der Waals surface area contributed by atoms with Crippen LogP contribution in [0.25, 0.3) is 0 Å². The second-order valence-corrected chi connectivity index (χ2v) is 26.8. The Morgan fingerprint density at radius 1 is 0.217 bits per heavy atom. The smallest absolute Gasteiger partial charge is 0.756 e. The molecule has 0 aromatic carbocycles. The molecule has 0 N–H and O–H groups in total. The molecule has 0 saturated carbocycles. The third-order valence-electron chi connectivity index (χ3n) is 15.6. The minimum absolute atomic E-state index is 0. The summed E-state index contributed by atoms with van der Waals surface area (Å²) in [4.78, 5) is 23.8. The SMILES string of the molecule is CCCCCCCC/C=C\CCCCCCCCOP(=O)([O-])OCCCCCCCC/C=C\CCCCCCCC.CCCCCCCC/C=C\CCCCCCCCOP(=O)([O-])OCCCCCCCC/C=C\CCCCCCCC.[Ni+2]. The van der Waals surface area contributed by atoms with Gasteiger partial charge in [0.2, 0.25) is 0 Å². The molecular weight excluding hydrogens is 1110 g/mol. The van der Waals surface area contributed by atoms with E-state index in [2.05, 4.69) is 76.3 Å². The summed E-state index contributed by atoms with van der Waals surface area (Å²) in [7, 11) is -8.27. The van der Waals surface area contributed by atoms with E-state index in [1.807, 2.05) is 0 Å².